The molecule has 0 aromatic heterocycles. The highest BCUT2D eigenvalue weighted by Gasteiger charge is 2.58. The van der Waals surface area contributed by atoms with Crippen LogP contribution >= 0.6 is 0 Å². The van der Waals surface area contributed by atoms with E-state index in [-0.39, 0.29) is 11.9 Å². The number of hydrogen-bond donors (Lipinski definition) is 2. The van der Waals surface area contributed by atoms with Gasteiger partial charge in [0.25, 0.3) is 0 Å². The van der Waals surface area contributed by atoms with E-state index in [1.54, 1.807) is 13.8 Å². The van der Waals surface area contributed by atoms with Gasteiger partial charge in [-0.1, -0.05) is 0 Å². The lowest BCUT2D eigenvalue weighted by molar-refractivity contribution is -0.223. The second-order valence-electron chi connectivity index (χ2n) is 8.07. The molecule has 3 fully saturated rings. The van der Waals surface area contributed by atoms with Crippen molar-refractivity contribution in [2.75, 3.05) is 11.9 Å². The van der Waals surface area contributed by atoms with Gasteiger partial charge in [0.05, 0.1) is 12.6 Å². The molecular formula is C19H25FN2O6. The number of nitrogens with one attached hydrogen (secondary N) is 2. The fraction of sp³-hybridized carbons (Fsp3) is 0.632. The predicted molar refractivity (Wildman–Crippen MR) is 95.9 cm³/mol. The molecule has 2 N–H and O–H groups in total. The summed E-state index contributed by atoms with van der Waals surface area (Å²) in [4.78, 5) is 12.6. The Labute approximate surface area is 162 Å². The van der Waals surface area contributed by atoms with Crippen molar-refractivity contribution in [2.24, 2.45) is 0 Å². The third-order valence-electron chi connectivity index (χ3n) is 4.88. The minimum absolute atomic E-state index is 0.332. The SMILES string of the molecule is CC1(C)OCC([C@H]2O[C@@H]3OC(C)(C)O[C@@H]3[C@@H]2NC(=O)Nc2ccc(F)cc2)O1. The first-order chi connectivity index (χ1) is 13.1. The van der Waals surface area contributed by atoms with Crippen LogP contribution in [0.2, 0.25) is 0 Å². The van der Waals surface area contributed by atoms with E-state index in [0.29, 0.717) is 12.3 Å². The standard InChI is InChI=1S/C19H25FN2O6/c1-18(2)24-9-12(26-18)14-13(15-16(25-14)28-19(3,4)27-15)22-17(23)21-11-7-5-10(20)6-8-11/h5-8,12-16H,9H2,1-4H3,(H2,21,22,23)/t12?,13-,14-,15-,16-/m1/s1. The van der Waals surface area contributed by atoms with Gasteiger partial charge in [-0.25, -0.2) is 9.18 Å². The zero-order valence-corrected chi connectivity index (χ0v) is 16.2. The van der Waals surface area contributed by atoms with E-state index in [9.17, 15) is 9.18 Å². The molecule has 5 atom stereocenters. The average molecular weight is 396 g/mol. The molecule has 0 bridgehead atoms. The number of anilines is 1. The Morgan fingerprint density at radius 3 is 2.39 bits per heavy atom. The van der Waals surface area contributed by atoms with Crippen molar-refractivity contribution in [2.45, 2.75) is 69.9 Å². The lowest BCUT2D eigenvalue weighted by atomic mass is 10.0. The first-order valence-electron chi connectivity index (χ1n) is 9.28. The smallest absolute Gasteiger partial charge is 0.319 e. The maximum Gasteiger partial charge on any atom is 0.319 e. The lowest BCUT2D eigenvalue weighted by Crippen LogP contribution is -2.53. The largest absolute Gasteiger partial charge is 0.348 e. The maximum atomic E-state index is 13.1. The second-order valence-corrected chi connectivity index (χ2v) is 8.07. The highest BCUT2D eigenvalue weighted by molar-refractivity contribution is 5.89. The normalized spacial score (nSPS) is 35.5. The Morgan fingerprint density at radius 1 is 1.04 bits per heavy atom. The van der Waals surface area contributed by atoms with Crippen LogP contribution in [-0.2, 0) is 23.7 Å². The van der Waals surface area contributed by atoms with Gasteiger partial charge >= 0.3 is 6.03 Å². The van der Waals surface area contributed by atoms with Crippen LogP contribution < -0.4 is 10.6 Å². The van der Waals surface area contributed by atoms with Crippen molar-refractivity contribution < 1.29 is 32.9 Å². The zero-order valence-electron chi connectivity index (χ0n) is 16.2. The highest BCUT2D eigenvalue weighted by Crippen LogP contribution is 2.40. The molecule has 8 nitrogen and oxygen atoms in total. The van der Waals surface area contributed by atoms with Crippen molar-refractivity contribution in [3.8, 4) is 0 Å². The van der Waals surface area contributed by atoms with Crippen LogP contribution in [0.25, 0.3) is 0 Å². The number of ether oxygens (including phenoxy) is 5. The summed E-state index contributed by atoms with van der Waals surface area (Å²) in [6.45, 7) is 7.55. The number of rotatable bonds is 3. The molecule has 0 radical (unpaired) electrons. The van der Waals surface area contributed by atoms with E-state index < -0.39 is 42.1 Å². The summed E-state index contributed by atoms with van der Waals surface area (Å²) in [7, 11) is 0. The molecule has 0 saturated carbocycles. The molecule has 1 aromatic carbocycles. The Bertz CT molecular complexity index is 740. The highest BCUT2D eigenvalue weighted by atomic mass is 19.1. The quantitative estimate of drug-likeness (QED) is 0.816. The zero-order chi connectivity index (χ0) is 20.1. The molecule has 28 heavy (non-hydrogen) atoms. The van der Waals surface area contributed by atoms with Crippen LogP contribution in [0, 0.1) is 5.82 Å². The monoisotopic (exact) mass is 396 g/mol. The molecule has 3 aliphatic heterocycles. The molecule has 3 saturated heterocycles. The molecule has 1 aromatic rings. The van der Waals surface area contributed by atoms with Crippen molar-refractivity contribution in [3.63, 3.8) is 0 Å². The summed E-state index contributed by atoms with van der Waals surface area (Å²) in [5.41, 5.74) is 0.469. The molecule has 0 aliphatic carbocycles. The van der Waals surface area contributed by atoms with Crippen LogP contribution in [0.5, 0.6) is 0 Å². The number of urea groups is 1. The lowest BCUT2D eigenvalue weighted by Gasteiger charge is -2.29. The van der Waals surface area contributed by atoms with Gasteiger partial charge in [-0.2, -0.15) is 0 Å². The Kier molecular flexibility index (Phi) is 4.83. The number of amides is 2. The number of halogens is 1. The third-order valence-corrected chi connectivity index (χ3v) is 4.88. The van der Waals surface area contributed by atoms with Crippen molar-refractivity contribution >= 4 is 11.7 Å². The van der Waals surface area contributed by atoms with Crippen molar-refractivity contribution in [1.29, 1.82) is 0 Å². The van der Waals surface area contributed by atoms with Crippen LogP contribution in [0.15, 0.2) is 24.3 Å². The summed E-state index contributed by atoms with van der Waals surface area (Å²) in [6.07, 6.45) is -2.01. The molecule has 0 spiro atoms. The van der Waals surface area contributed by atoms with E-state index in [2.05, 4.69) is 10.6 Å². The number of carbonyl (C=O) groups is 1. The van der Waals surface area contributed by atoms with Gasteiger partial charge in [-0.15, -0.1) is 0 Å². The van der Waals surface area contributed by atoms with E-state index in [4.69, 9.17) is 23.7 Å². The van der Waals surface area contributed by atoms with E-state index >= 15 is 0 Å². The first-order valence-corrected chi connectivity index (χ1v) is 9.28. The maximum absolute atomic E-state index is 13.1. The van der Waals surface area contributed by atoms with Gasteiger partial charge in [-0.3, -0.25) is 0 Å². The molecule has 3 aliphatic rings. The Morgan fingerprint density at radius 2 is 1.75 bits per heavy atom. The topological polar surface area (TPSA) is 87.3 Å². The van der Waals surface area contributed by atoms with Gasteiger partial charge in [0.15, 0.2) is 17.9 Å². The predicted octanol–water partition coefficient (Wildman–Crippen LogP) is 2.34. The molecular weight excluding hydrogens is 371 g/mol. The van der Waals surface area contributed by atoms with Crippen molar-refractivity contribution in [1.82, 2.24) is 5.32 Å². The number of fused-ring (bicyclic) bond motifs is 1. The van der Waals surface area contributed by atoms with E-state index in [0.717, 1.165) is 0 Å². The third kappa shape index (κ3) is 3.99. The summed E-state index contributed by atoms with van der Waals surface area (Å²) in [6, 6.07) is 4.53. The van der Waals surface area contributed by atoms with E-state index in [1.807, 2.05) is 13.8 Å². The van der Waals surface area contributed by atoms with Crippen LogP contribution in [-0.4, -0.2) is 54.9 Å². The minimum Gasteiger partial charge on any atom is -0.348 e. The summed E-state index contributed by atoms with van der Waals surface area (Å²) < 4.78 is 42.4. The Balaban J connectivity index is 1.48. The van der Waals surface area contributed by atoms with Gasteiger partial charge in [0.1, 0.15) is 24.1 Å². The van der Waals surface area contributed by atoms with Crippen LogP contribution in [0.1, 0.15) is 27.7 Å². The van der Waals surface area contributed by atoms with Gasteiger partial charge in [0, 0.05) is 5.69 Å². The Hall–Kier alpha value is -1.78. The molecule has 9 heteroatoms. The minimum atomic E-state index is -0.819. The molecule has 2 amide bonds. The first kappa shape index (κ1) is 19.5. The van der Waals surface area contributed by atoms with Crippen LogP contribution in [0.4, 0.5) is 14.9 Å². The summed E-state index contributed by atoms with van der Waals surface area (Å²) >= 11 is 0. The summed E-state index contributed by atoms with van der Waals surface area (Å²) in [5.74, 6) is -1.93. The molecule has 4 rings (SSSR count). The van der Waals surface area contributed by atoms with Crippen molar-refractivity contribution in [3.05, 3.63) is 30.1 Å². The van der Waals surface area contributed by atoms with Gasteiger partial charge in [0.2, 0.25) is 0 Å². The fourth-order valence-corrected chi connectivity index (χ4v) is 3.74. The summed E-state index contributed by atoms with van der Waals surface area (Å²) in [5, 5.41) is 5.58. The van der Waals surface area contributed by atoms with Gasteiger partial charge in [-0.05, 0) is 52.0 Å². The average Bonchev–Trinajstić information content (AvgIpc) is 3.20. The van der Waals surface area contributed by atoms with E-state index in [1.165, 1.54) is 24.3 Å². The van der Waals surface area contributed by atoms with Crippen LogP contribution in [0.3, 0.4) is 0 Å². The molecule has 3 heterocycles. The fourth-order valence-electron chi connectivity index (χ4n) is 3.74. The second kappa shape index (κ2) is 6.93. The number of carbonyl (C=O) groups excluding carboxylic acids is 1. The van der Waals surface area contributed by atoms with Gasteiger partial charge < -0.3 is 34.3 Å². The number of benzene rings is 1. The molecule has 1 unspecified atom stereocenters. The number of hydrogen-bond acceptors (Lipinski definition) is 6. The molecule has 154 valence electrons.